The van der Waals surface area contributed by atoms with E-state index in [1.807, 2.05) is 11.9 Å². The van der Waals surface area contributed by atoms with Crippen LogP contribution in [0.4, 0.5) is 0 Å². The van der Waals surface area contributed by atoms with Gasteiger partial charge in [0, 0.05) is 7.05 Å². The number of likely N-dealkylation sites (N-methyl/N-ethyl adjacent to an activating group) is 1. The minimum Gasteiger partial charge on any atom is -0.345 e. The molecule has 1 heterocycles. The molecule has 0 radical (unpaired) electrons. The molecule has 4 heteroatoms. The Hall–Kier alpha value is -0.220. The highest BCUT2D eigenvalue weighted by Gasteiger charge is 2.14. The lowest BCUT2D eigenvalue weighted by atomic mass is 10.7. The highest BCUT2D eigenvalue weighted by atomic mass is 32.1. The minimum absolute atomic E-state index is 0.731. The average molecular weight is 146 g/mol. The molecule has 1 saturated heterocycles. The van der Waals surface area contributed by atoms with Gasteiger partial charge in [0.25, 0.3) is 0 Å². The zero-order valence-electron chi connectivity index (χ0n) is 4.47. The Kier molecular flexibility index (Phi) is 1.44. The molecule has 1 rings (SSSR count). The monoisotopic (exact) mass is 146 g/mol. The third kappa shape index (κ3) is 0.952. The van der Waals surface area contributed by atoms with E-state index in [1.54, 1.807) is 0 Å². The van der Waals surface area contributed by atoms with Crippen molar-refractivity contribution < 1.29 is 0 Å². The van der Waals surface area contributed by atoms with Crippen LogP contribution < -0.4 is 5.32 Å². The summed E-state index contributed by atoms with van der Waals surface area (Å²) in [6, 6.07) is 0. The molecule has 1 fully saturated rings. The first-order valence-electron chi connectivity index (χ1n) is 2.25. The van der Waals surface area contributed by atoms with Crippen LogP contribution in [-0.2, 0) is 0 Å². The molecule has 0 aliphatic carbocycles. The predicted molar refractivity (Wildman–Crippen MR) is 41.0 cm³/mol. The smallest absolute Gasteiger partial charge is 0.173 e. The van der Waals surface area contributed by atoms with Gasteiger partial charge in [0.05, 0.1) is 6.54 Å². The molecule has 1 aliphatic rings. The van der Waals surface area contributed by atoms with Crippen molar-refractivity contribution in [3.05, 3.63) is 0 Å². The van der Waals surface area contributed by atoms with Crippen LogP contribution in [0.25, 0.3) is 0 Å². The second-order valence-corrected chi connectivity index (χ2v) is 2.59. The van der Waals surface area contributed by atoms with Crippen LogP contribution in [-0.4, -0.2) is 28.6 Å². The highest BCUT2D eigenvalue weighted by molar-refractivity contribution is 7.82. The normalized spacial score (nSPS) is 19.4. The molecule has 1 N–H and O–H groups in total. The first-order valence-corrected chi connectivity index (χ1v) is 3.07. The fourth-order valence-corrected chi connectivity index (χ4v) is 1.08. The van der Waals surface area contributed by atoms with E-state index >= 15 is 0 Å². The fourth-order valence-electron chi connectivity index (χ4n) is 0.541. The Balaban J connectivity index is 2.64. The minimum atomic E-state index is 0.731. The largest absolute Gasteiger partial charge is 0.345 e. The van der Waals surface area contributed by atoms with E-state index in [0.29, 0.717) is 0 Å². The van der Waals surface area contributed by atoms with Gasteiger partial charge in [-0.15, -0.1) is 0 Å². The van der Waals surface area contributed by atoms with Crippen molar-refractivity contribution >= 4 is 34.5 Å². The second-order valence-electron chi connectivity index (χ2n) is 1.71. The van der Waals surface area contributed by atoms with Crippen molar-refractivity contribution in [1.82, 2.24) is 10.2 Å². The van der Waals surface area contributed by atoms with E-state index in [2.05, 4.69) is 5.32 Å². The second kappa shape index (κ2) is 1.95. The van der Waals surface area contributed by atoms with Gasteiger partial charge in [-0.25, -0.2) is 0 Å². The van der Waals surface area contributed by atoms with Gasteiger partial charge in [0.15, 0.2) is 5.11 Å². The lowest BCUT2D eigenvalue weighted by molar-refractivity contribution is 0.609. The summed E-state index contributed by atoms with van der Waals surface area (Å²) in [6.45, 7) is 0.772. The van der Waals surface area contributed by atoms with Crippen LogP contribution in [0.3, 0.4) is 0 Å². The number of rotatable bonds is 0. The molecule has 1 aliphatic heterocycles. The summed E-state index contributed by atoms with van der Waals surface area (Å²) < 4.78 is 0. The molecule has 0 aromatic carbocycles. The van der Waals surface area contributed by atoms with Crippen molar-refractivity contribution in [2.45, 2.75) is 0 Å². The van der Waals surface area contributed by atoms with Crippen LogP contribution in [0.1, 0.15) is 0 Å². The Morgan fingerprint density at radius 1 is 1.62 bits per heavy atom. The maximum Gasteiger partial charge on any atom is 0.173 e. The van der Waals surface area contributed by atoms with Gasteiger partial charge in [0.2, 0.25) is 0 Å². The lowest BCUT2D eigenvalue weighted by Crippen LogP contribution is -2.23. The standard InChI is InChI=1S/C4H6N2S2/c1-6-2-3(7)5-4(6)8/h2H2,1H3,(H,5,7,8). The quantitative estimate of drug-likeness (QED) is 0.488. The summed E-state index contributed by atoms with van der Waals surface area (Å²) in [6.07, 6.45) is 0. The predicted octanol–water partition coefficient (Wildman–Crippen LogP) is 0.134. The molecule has 0 bridgehead atoms. The Bertz CT molecular complexity index is 143. The summed E-state index contributed by atoms with van der Waals surface area (Å²) >= 11 is 9.68. The summed E-state index contributed by atoms with van der Waals surface area (Å²) in [5.41, 5.74) is 0. The zero-order valence-corrected chi connectivity index (χ0v) is 6.10. The molecule has 0 amide bonds. The zero-order chi connectivity index (χ0) is 6.15. The van der Waals surface area contributed by atoms with E-state index in [-0.39, 0.29) is 0 Å². The van der Waals surface area contributed by atoms with Gasteiger partial charge in [0.1, 0.15) is 4.99 Å². The molecule has 0 atom stereocenters. The van der Waals surface area contributed by atoms with E-state index in [4.69, 9.17) is 24.4 Å². The molecule has 0 unspecified atom stereocenters. The summed E-state index contributed by atoms with van der Waals surface area (Å²) in [7, 11) is 1.91. The van der Waals surface area contributed by atoms with Crippen LogP contribution in [0, 0.1) is 0 Å². The summed E-state index contributed by atoms with van der Waals surface area (Å²) in [4.78, 5) is 2.72. The van der Waals surface area contributed by atoms with Crippen LogP contribution in [0.5, 0.6) is 0 Å². The lowest BCUT2D eigenvalue weighted by Gasteiger charge is -2.04. The topological polar surface area (TPSA) is 15.3 Å². The molecule has 0 saturated carbocycles. The maximum absolute atomic E-state index is 4.85. The SMILES string of the molecule is CN1CC(=S)NC1=S. The van der Waals surface area contributed by atoms with Gasteiger partial charge in [-0.05, 0) is 12.2 Å². The third-order valence-corrected chi connectivity index (χ3v) is 1.62. The first kappa shape index (κ1) is 5.91. The molecular weight excluding hydrogens is 140 g/mol. The van der Waals surface area contributed by atoms with Crippen molar-refractivity contribution in [2.24, 2.45) is 0 Å². The highest BCUT2D eigenvalue weighted by Crippen LogP contribution is 1.93. The molecule has 0 aromatic heterocycles. The van der Waals surface area contributed by atoms with Gasteiger partial charge in [-0.3, -0.25) is 0 Å². The Morgan fingerprint density at radius 2 is 2.25 bits per heavy atom. The van der Waals surface area contributed by atoms with Gasteiger partial charge in [-0.2, -0.15) is 0 Å². The van der Waals surface area contributed by atoms with Crippen molar-refractivity contribution in [3.8, 4) is 0 Å². The van der Waals surface area contributed by atoms with Crippen molar-refractivity contribution in [1.29, 1.82) is 0 Å². The number of hydrogen-bond donors (Lipinski definition) is 1. The van der Waals surface area contributed by atoms with Crippen molar-refractivity contribution in [3.63, 3.8) is 0 Å². The van der Waals surface area contributed by atoms with E-state index in [0.717, 1.165) is 16.6 Å². The molecule has 2 nitrogen and oxygen atoms in total. The molecule has 0 spiro atoms. The Morgan fingerprint density at radius 3 is 2.38 bits per heavy atom. The maximum atomic E-state index is 4.85. The molecule has 8 heavy (non-hydrogen) atoms. The molecule has 44 valence electrons. The van der Waals surface area contributed by atoms with E-state index in [9.17, 15) is 0 Å². The van der Waals surface area contributed by atoms with Gasteiger partial charge in [-0.1, -0.05) is 12.2 Å². The fraction of sp³-hybridized carbons (Fsp3) is 0.500. The van der Waals surface area contributed by atoms with Crippen molar-refractivity contribution in [2.75, 3.05) is 13.6 Å². The molecule has 0 aromatic rings. The average Bonchev–Trinajstić information content (AvgIpc) is 1.85. The van der Waals surface area contributed by atoms with Crippen LogP contribution >= 0.6 is 24.4 Å². The first-order chi connectivity index (χ1) is 3.70. The number of nitrogens with zero attached hydrogens (tertiary/aromatic N) is 1. The summed E-state index contributed by atoms with van der Waals surface area (Å²) in [5, 5.41) is 3.59. The third-order valence-electron chi connectivity index (χ3n) is 0.974. The van der Waals surface area contributed by atoms with Crippen LogP contribution in [0.2, 0.25) is 0 Å². The van der Waals surface area contributed by atoms with Gasteiger partial charge < -0.3 is 10.2 Å². The molecular formula is C4H6N2S2. The number of nitrogens with one attached hydrogen (secondary N) is 1. The van der Waals surface area contributed by atoms with E-state index < -0.39 is 0 Å². The van der Waals surface area contributed by atoms with E-state index in [1.165, 1.54) is 0 Å². The number of thiocarbonyl (C=S) groups is 2. The van der Waals surface area contributed by atoms with Gasteiger partial charge >= 0.3 is 0 Å². The Labute approximate surface area is 58.9 Å². The van der Waals surface area contributed by atoms with Crippen LogP contribution in [0.15, 0.2) is 0 Å². The number of hydrogen-bond acceptors (Lipinski definition) is 2. The summed E-state index contributed by atoms with van der Waals surface area (Å²) in [5.74, 6) is 0.